The topological polar surface area (TPSA) is 237 Å². The molecule has 0 amide bonds. The van der Waals surface area contributed by atoms with Gasteiger partial charge in [-0.15, -0.1) is 0 Å². The van der Waals surface area contributed by atoms with E-state index in [9.17, 15) is 43.2 Å². The number of aliphatic hydroxyl groups excluding tert-OH is 1. The van der Waals surface area contributed by atoms with Gasteiger partial charge >= 0.3 is 39.5 Å². The monoisotopic (exact) mass is 1540 g/mol. The molecule has 0 aromatic carbocycles. The Bertz CT molecular complexity index is 2000. The van der Waals surface area contributed by atoms with Crippen molar-refractivity contribution < 1.29 is 80.2 Å². The zero-order chi connectivity index (χ0) is 76.9. The Hall–Kier alpha value is -1.94. The van der Waals surface area contributed by atoms with Crippen LogP contribution in [-0.2, 0) is 65.4 Å². The second-order valence-corrected chi connectivity index (χ2v) is 34.3. The van der Waals surface area contributed by atoms with Gasteiger partial charge < -0.3 is 33.8 Å². The second kappa shape index (κ2) is 78.7. The molecule has 0 saturated heterocycles. The van der Waals surface area contributed by atoms with Gasteiger partial charge in [0.15, 0.2) is 12.2 Å². The van der Waals surface area contributed by atoms with E-state index >= 15 is 0 Å². The molecule has 0 fully saturated rings. The van der Waals surface area contributed by atoms with Gasteiger partial charge in [0, 0.05) is 25.7 Å². The fraction of sp³-hybridized carbons (Fsp3) is 0.953. The van der Waals surface area contributed by atoms with E-state index in [1.807, 2.05) is 0 Å². The molecule has 624 valence electrons. The van der Waals surface area contributed by atoms with E-state index in [2.05, 4.69) is 34.6 Å². The summed E-state index contributed by atoms with van der Waals surface area (Å²) in [6, 6.07) is 0. The normalized spacial score (nSPS) is 13.8. The maximum atomic E-state index is 13.1. The molecule has 5 atom stereocenters. The number of aliphatic hydroxyl groups is 1. The Balaban J connectivity index is 5.15. The third-order valence-corrected chi connectivity index (χ3v) is 22.2. The Morgan fingerprint density at radius 1 is 0.257 bits per heavy atom. The highest BCUT2D eigenvalue weighted by Gasteiger charge is 2.30. The molecule has 0 aromatic heterocycles. The van der Waals surface area contributed by atoms with Crippen LogP contribution in [-0.4, -0.2) is 96.7 Å². The Morgan fingerprint density at radius 2 is 0.438 bits per heavy atom. The van der Waals surface area contributed by atoms with Crippen molar-refractivity contribution in [3.8, 4) is 0 Å². The fourth-order valence-electron chi connectivity index (χ4n) is 13.5. The summed E-state index contributed by atoms with van der Waals surface area (Å²) in [5.74, 6) is -1.28. The van der Waals surface area contributed by atoms with Gasteiger partial charge in [-0.1, -0.05) is 413 Å². The molecule has 0 aliphatic heterocycles. The van der Waals surface area contributed by atoms with E-state index in [0.717, 1.165) is 109 Å². The molecule has 105 heavy (non-hydrogen) atoms. The highest BCUT2D eigenvalue weighted by atomic mass is 31.2. The van der Waals surface area contributed by atoms with Crippen molar-refractivity contribution in [3.05, 3.63) is 0 Å². The lowest BCUT2D eigenvalue weighted by atomic mass is 10.0. The van der Waals surface area contributed by atoms with Gasteiger partial charge in [-0.05, 0) is 31.6 Å². The molecule has 0 heterocycles. The standard InChI is InChI=1S/C86H168O17P2/c1-6-9-12-15-18-20-22-24-26-28-30-35-38-42-46-50-55-60-65-70-84(89)97-76-82(103-86(91)72-67-62-57-52-48-44-40-36-32-31-33-37-41-45-49-54-58-63-68-79(4)5)78-101-105(94,95)99-74-80(87)73-98-104(92,93)100-77-81(75-96-83(88)69-64-59-53-17-14-11-8-3)102-85(90)71-66-61-56-51-47-43-39-34-29-27-25-23-21-19-16-13-10-7-2/h79-82,87H,6-78H2,1-5H3,(H,92,93)(H,94,95)/t80-,81+,82+/m0/s1. The molecular weight excluding hydrogens is 1370 g/mol. The minimum absolute atomic E-state index is 0.109. The number of rotatable bonds is 86. The summed E-state index contributed by atoms with van der Waals surface area (Å²) in [6.45, 7) is 7.36. The first kappa shape index (κ1) is 103. The average molecular weight is 1540 g/mol. The molecule has 0 aliphatic rings. The van der Waals surface area contributed by atoms with Crippen LogP contribution >= 0.6 is 15.6 Å². The van der Waals surface area contributed by atoms with Crippen molar-refractivity contribution in [3.63, 3.8) is 0 Å². The number of unbranched alkanes of at least 4 members (excludes halogenated alkanes) is 58. The predicted octanol–water partition coefficient (Wildman–Crippen LogP) is 26.4. The van der Waals surface area contributed by atoms with Crippen LogP contribution in [0.3, 0.4) is 0 Å². The van der Waals surface area contributed by atoms with Gasteiger partial charge in [-0.2, -0.15) is 0 Å². The number of phosphoric acid groups is 2. The summed E-state index contributed by atoms with van der Waals surface area (Å²) < 4.78 is 68.8. The molecule has 0 radical (unpaired) electrons. The quantitative estimate of drug-likeness (QED) is 0.0222. The molecule has 3 N–H and O–H groups in total. The van der Waals surface area contributed by atoms with Gasteiger partial charge in [0.25, 0.3) is 0 Å². The smallest absolute Gasteiger partial charge is 0.462 e. The molecular formula is C86H168O17P2. The van der Waals surface area contributed by atoms with Crippen LogP contribution in [0.2, 0.25) is 0 Å². The number of phosphoric ester groups is 2. The number of carbonyl (C=O) groups excluding carboxylic acids is 4. The number of hydrogen-bond acceptors (Lipinski definition) is 15. The second-order valence-electron chi connectivity index (χ2n) is 31.4. The van der Waals surface area contributed by atoms with Gasteiger partial charge in [0.2, 0.25) is 0 Å². The Labute approximate surface area is 645 Å². The molecule has 0 saturated carbocycles. The summed E-state index contributed by atoms with van der Waals surface area (Å²) in [5.41, 5.74) is 0. The Kier molecular flexibility index (Phi) is 77.3. The van der Waals surface area contributed by atoms with Crippen LogP contribution in [0.4, 0.5) is 0 Å². The highest BCUT2D eigenvalue weighted by molar-refractivity contribution is 7.47. The lowest BCUT2D eigenvalue weighted by molar-refractivity contribution is -0.161. The van der Waals surface area contributed by atoms with E-state index in [4.69, 9.17) is 37.0 Å². The minimum atomic E-state index is -4.96. The zero-order valence-corrected chi connectivity index (χ0v) is 70.7. The van der Waals surface area contributed by atoms with Gasteiger partial charge in [0.05, 0.1) is 26.4 Å². The summed E-state index contributed by atoms with van der Waals surface area (Å²) in [6.07, 6.45) is 72.5. The fourth-order valence-corrected chi connectivity index (χ4v) is 15.1. The first-order valence-electron chi connectivity index (χ1n) is 44.6. The van der Waals surface area contributed by atoms with E-state index < -0.39 is 97.5 Å². The number of carbonyl (C=O) groups is 4. The summed E-state index contributed by atoms with van der Waals surface area (Å²) in [5, 5.41) is 10.7. The number of hydrogen-bond donors (Lipinski definition) is 3. The summed E-state index contributed by atoms with van der Waals surface area (Å²) in [4.78, 5) is 73.1. The Morgan fingerprint density at radius 3 is 0.648 bits per heavy atom. The molecule has 0 aromatic rings. The van der Waals surface area contributed by atoms with Crippen LogP contribution in [0.5, 0.6) is 0 Å². The first-order valence-corrected chi connectivity index (χ1v) is 47.6. The average Bonchev–Trinajstić information content (AvgIpc) is 0.908. The van der Waals surface area contributed by atoms with E-state index in [1.54, 1.807) is 0 Å². The van der Waals surface area contributed by atoms with Crippen LogP contribution in [0.15, 0.2) is 0 Å². The van der Waals surface area contributed by atoms with Crippen molar-refractivity contribution in [2.75, 3.05) is 39.6 Å². The summed E-state index contributed by atoms with van der Waals surface area (Å²) in [7, 11) is -9.92. The number of esters is 4. The van der Waals surface area contributed by atoms with Gasteiger partial charge in [-0.25, -0.2) is 9.13 Å². The van der Waals surface area contributed by atoms with Crippen molar-refractivity contribution in [1.82, 2.24) is 0 Å². The lowest BCUT2D eigenvalue weighted by Crippen LogP contribution is -2.30. The van der Waals surface area contributed by atoms with Crippen molar-refractivity contribution >= 4 is 39.5 Å². The maximum Gasteiger partial charge on any atom is 0.472 e. The van der Waals surface area contributed by atoms with Crippen molar-refractivity contribution in [2.24, 2.45) is 5.92 Å². The molecule has 0 spiro atoms. The van der Waals surface area contributed by atoms with Crippen molar-refractivity contribution in [2.45, 2.75) is 483 Å². The lowest BCUT2D eigenvalue weighted by Gasteiger charge is -2.21. The molecule has 0 bridgehead atoms. The van der Waals surface area contributed by atoms with Crippen molar-refractivity contribution in [1.29, 1.82) is 0 Å². The van der Waals surface area contributed by atoms with Crippen LogP contribution in [0, 0.1) is 5.92 Å². The minimum Gasteiger partial charge on any atom is -0.462 e. The summed E-state index contributed by atoms with van der Waals surface area (Å²) >= 11 is 0. The third kappa shape index (κ3) is 79.9. The molecule has 19 heteroatoms. The number of ether oxygens (including phenoxy) is 4. The van der Waals surface area contributed by atoms with Crippen LogP contribution < -0.4 is 0 Å². The van der Waals surface area contributed by atoms with Crippen LogP contribution in [0.1, 0.15) is 465 Å². The molecule has 0 rings (SSSR count). The SMILES string of the molecule is CCCCCCCCCCCCCCCCCCCCCC(=O)OC[C@H](COP(=O)(O)OC[C@@H](O)COP(=O)(O)OC[C@@H](COC(=O)CCCCCCCCC)OC(=O)CCCCCCCCCCCCCCCCCCCC)OC(=O)CCCCCCCCCCCCCCCCCCCCC(C)C. The third-order valence-electron chi connectivity index (χ3n) is 20.3. The highest BCUT2D eigenvalue weighted by Crippen LogP contribution is 2.45. The molecule has 2 unspecified atom stereocenters. The largest absolute Gasteiger partial charge is 0.472 e. The van der Waals surface area contributed by atoms with Gasteiger partial charge in [0.1, 0.15) is 19.3 Å². The first-order chi connectivity index (χ1) is 51.0. The van der Waals surface area contributed by atoms with E-state index in [1.165, 1.54) is 276 Å². The molecule has 0 aliphatic carbocycles. The predicted molar refractivity (Wildman–Crippen MR) is 432 cm³/mol. The van der Waals surface area contributed by atoms with Crippen LogP contribution in [0.25, 0.3) is 0 Å². The van der Waals surface area contributed by atoms with E-state index in [0.29, 0.717) is 25.7 Å². The maximum absolute atomic E-state index is 13.1. The molecule has 17 nitrogen and oxygen atoms in total. The van der Waals surface area contributed by atoms with E-state index in [-0.39, 0.29) is 25.7 Å². The van der Waals surface area contributed by atoms with Gasteiger partial charge in [-0.3, -0.25) is 37.3 Å². The zero-order valence-electron chi connectivity index (χ0n) is 68.9.